The van der Waals surface area contributed by atoms with E-state index in [9.17, 15) is 10.2 Å². The summed E-state index contributed by atoms with van der Waals surface area (Å²) in [6.45, 7) is 7.94. The third kappa shape index (κ3) is 8.55. The van der Waals surface area contributed by atoms with E-state index in [-0.39, 0.29) is 25.9 Å². The summed E-state index contributed by atoms with van der Waals surface area (Å²) in [7, 11) is 0. The number of hydrogen-bond acceptors (Lipinski definition) is 5. The molecule has 0 aliphatic heterocycles. The monoisotopic (exact) mass is 278 g/mol. The van der Waals surface area contributed by atoms with Crippen molar-refractivity contribution >= 4 is 0 Å². The van der Waals surface area contributed by atoms with Gasteiger partial charge in [0.05, 0.1) is 37.6 Å². The van der Waals surface area contributed by atoms with E-state index in [1.165, 1.54) is 0 Å². The van der Waals surface area contributed by atoms with Crippen molar-refractivity contribution < 1.29 is 24.8 Å². The molecule has 0 aromatic rings. The van der Waals surface area contributed by atoms with Crippen LogP contribution < -0.4 is 0 Å². The van der Waals surface area contributed by atoms with E-state index in [0.29, 0.717) is 12.8 Å². The molecule has 4 unspecified atom stereocenters. The summed E-state index contributed by atoms with van der Waals surface area (Å²) in [5.74, 6) is 0. The van der Waals surface area contributed by atoms with Crippen molar-refractivity contribution in [3.05, 3.63) is 0 Å². The van der Waals surface area contributed by atoms with Crippen LogP contribution in [0.15, 0.2) is 0 Å². The van der Waals surface area contributed by atoms with E-state index in [4.69, 9.17) is 14.6 Å². The minimum atomic E-state index is -0.793. The van der Waals surface area contributed by atoms with Gasteiger partial charge in [0.1, 0.15) is 6.10 Å². The van der Waals surface area contributed by atoms with Gasteiger partial charge < -0.3 is 24.8 Å². The maximum atomic E-state index is 9.78. The van der Waals surface area contributed by atoms with Crippen LogP contribution in [0.2, 0.25) is 0 Å². The Morgan fingerprint density at radius 1 is 1.11 bits per heavy atom. The smallest absolute Gasteiger partial charge is 0.101 e. The van der Waals surface area contributed by atoms with Crippen LogP contribution in [-0.4, -0.2) is 59.1 Å². The molecule has 0 bridgehead atoms. The van der Waals surface area contributed by atoms with Gasteiger partial charge in [0.2, 0.25) is 0 Å². The topological polar surface area (TPSA) is 79.2 Å². The standard InChI is InChI=1S/C14H30O5/c1-5-11(3)18-9-13(17)10-19-14(4,6-2)7-12(16)8-15/h11-13,15-17H,5-10H2,1-4H3. The number of ether oxygens (including phenoxy) is 2. The highest BCUT2D eigenvalue weighted by Gasteiger charge is 2.27. The molecule has 0 aliphatic rings. The van der Waals surface area contributed by atoms with Crippen LogP contribution in [0.3, 0.4) is 0 Å². The molecular weight excluding hydrogens is 248 g/mol. The van der Waals surface area contributed by atoms with Crippen molar-refractivity contribution in [3.8, 4) is 0 Å². The first-order valence-electron chi connectivity index (χ1n) is 7.09. The lowest BCUT2D eigenvalue weighted by Crippen LogP contribution is -2.37. The molecule has 5 nitrogen and oxygen atoms in total. The highest BCUT2D eigenvalue weighted by Crippen LogP contribution is 2.22. The van der Waals surface area contributed by atoms with Gasteiger partial charge in [-0.05, 0) is 26.7 Å². The lowest BCUT2D eigenvalue weighted by molar-refractivity contribution is -0.113. The van der Waals surface area contributed by atoms with Gasteiger partial charge in [-0.1, -0.05) is 13.8 Å². The number of hydrogen-bond donors (Lipinski definition) is 3. The molecule has 0 spiro atoms. The van der Waals surface area contributed by atoms with Crippen LogP contribution in [-0.2, 0) is 9.47 Å². The summed E-state index contributed by atoms with van der Waals surface area (Å²) in [4.78, 5) is 0. The highest BCUT2D eigenvalue weighted by molar-refractivity contribution is 4.78. The second-order valence-corrected chi connectivity index (χ2v) is 5.36. The molecule has 0 radical (unpaired) electrons. The molecule has 0 aromatic heterocycles. The van der Waals surface area contributed by atoms with Gasteiger partial charge in [0.15, 0.2) is 0 Å². The first kappa shape index (κ1) is 18.8. The molecule has 0 saturated heterocycles. The molecule has 3 N–H and O–H groups in total. The van der Waals surface area contributed by atoms with Crippen molar-refractivity contribution in [1.29, 1.82) is 0 Å². The fourth-order valence-electron chi connectivity index (χ4n) is 1.61. The summed E-state index contributed by atoms with van der Waals surface area (Å²) < 4.78 is 11.1. The molecule has 0 aliphatic carbocycles. The summed E-state index contributed by atoms with van der Waals surface area (Å²) in [5.41, 5.74) is -0.542. The van der Waals surface area contributed by atoms with E-state index in [1.807, 2.05) is 27.7 Å². The van der Waals surface area contributed by atoms with Crippen LogP contribution in [0.25, 0.3) is 0 Å². The van der Waals surface area contributed by atoms with Crippen molar-refractivity contribution in [1.82, 2.24) is 0 Å². The SMILES string of the molecule is CCC(C)OCC(O)COC(C)(CC)CC(O)CO. The van der Waals surface area contributed by atoms with Crippen LogP contribution in [0, 0.1) is 0 Å². The van der Waals surface area contributed by atoms with Gasteiger partial charge in [-0.15, -0.1) is 0 Å². The lowest BCUT2D eigenvalue weighted by Gasteiger charge is -2.31. The summed E-state index contributed by atoms with van der Waals surface area (Å²) in [5, 5.41) is 28.1. The molecule has 19 heavy (non-hydrogen) atoms. The lowest BCUT2D eigenvalue weighted by atomic mass is 9.95. The minimum absolute atomic E-state index is 0.128. The molecule has 0 heterocycles. The number of aliphatic hydroxyl groups is 3. The first-order valence-corrected chi connectivity index (χ1v) is 7.09. The Labute approximate surface area is 116 Å². The molecule has 0 rings (SSSR count). The normalized spacial score (nSPS) is 19.7. The van der Waals surface area contributed by atoms with Gasteiger partial charge in [0, 0.05) is 6.42 Å². The zero-order chi connectivity index (χ0) is 14.9. The van der Waals surface area contributed by atoms with Gasteiger partial charge >= 0.3 is 0 Å². The van der Waals surface area contributed by atoms with Crippen molar-refractivity contribution in [2.24, 2.45) is 0 Å². The molecule has 5 heteroatoms. The summed E-state index contributed by atoms with van der Waals surface area (Å²) in [6, 6.07) is 0. The largest absolute Gasteiger partial charge is 0.394 e. The van der Waals surface area contributed by atoms with Gasteiger partial charge in [-0.3, -0.25) is 0 Å². The van der Waals surface area contributed by atoms with Crippen LogP contribution in [0.5, 0.6) is 0 Å². The minimum Gasteiger partial charge on any atom is -0.394 e. The first-order chi connectivity index (χ1) is 8.86. The average Bonchev–Trinajstić information content (AvgIpc) is 2.42. The Bertz CT molecular complexity index is 224. The molecule has 0 fully saturated rings. The Morgan fingerprint density at radius 2 is 1.74 bits per heavy atom. The molecule has 0 amide bonds. The molecule has 4 atom stereocenters. The van der Waals surface area contributed by atoms with E-state index in [0.717, 1.165) is 6.42 Å². The van der Waals surface area contributed by atoms with E-state index in [1.54, 1.807) is 0 Å². The zero-order valence-corrected chi connectivity index (χ0v) is 12.6. The van der Waals surface area contributed by atoms with Crippen molar-refractivity contribution in [2.75, 3.05) is 19.8 Å². The van der Waals surface area contributed by atoms with E-state index in [2.05, 4.69) is 0 Å². The van der Waals surface area contributed by atoms with Crippen LogP contribution in [0.4, 0.5) is 0 Å². The second-order valence-electron chi connectivity index (χ2n) is 5.36. The molecule has 116 valence electrons. The maximum Gasteiger partial charge on any atom is 0.101 e. The predicted molar refractivity (Wildman–Crippen MR) is 74.1 cm³/mol. The fourth-order valence-corrected chi connectivity index (χ4v) is 1.61. The molecule has 0 saturated carbocycles. The summed E-state index contributed by atoms with van der Waals surface area (Å²) >= 11 is 0. The number of aliphatic hydroxyl groups excluding tert-OH is 3. The average molecular weight is 278 g/mol. The van der Waals surface area contributed by atoms with Gasteiger partial charge in [-0.25, -0.2) is 0 Å². The Kier molecular flexibility index (Phi) is 9.56. The van der Waals surface area contributed by atoms with Crippen molar-refractivity contribution in [2.45, 2.75) is 70.9 Å². The van der Waals surface area contributed by atoms with Crippen LogP contribution >= 0.6 is 0 Å². The van der Waals surface area contributed by atoms with Crippen LogP contribution in [0.1, 0.15) is 47.0 Å². The second kappa shape index (κ2) is 9.66. The third-order valence-electron chi connectivity index (χ3n) is 3.40. The Balaban J connectivity index is 4.04. The third-order valence-corrected chi connectivity index (χ3v) is 3.40. The summed E-state index contributed by atoms with van der Waals surface area (Å²) in [6.07, 6.45) is 0.609. The Morgan fingerprint density at radius 3 is 2.21 bits per heavy atom. The number of rotatable bonds is 11. The Hall–Kier alpha value is -0.200. The van der Waals surface area contributed by atoms with E-state index >= 15 is 0 Å². The fraction of sp³-hybridized carbons (Fsp3) is 1.00. The van der Waals surface area contributed by atoms with Gasteiger partial charge in [-0.2, -0.15) is 0 Å². The maximum absolute atomic E-state index is 9.78. The van der Waals surface area contributed by atoms with E-state index < -0.39 is 17.8 Å². The molecule has 0 aromatic carbocycles. The zero-order valence-electron chi connectivity index (χ0n) is 12.6. The molecular formula is C14H30O5. The van der Waals surface area contributed by atoms with Gasteiger partial charge in [0.25, 0.3) is 0 Å². The highest BCUT2D eigenvalue weighted by atomic mass is 16.5. The van der Waals surface area contributed by atoms with Crippen molar-refractivity contribution in [3.63, 3.8) is 0 Å². The quantitative estimate of drug-likeness (QED) is 0.527. The predicted octanol–water partition coefficient (Wildman–Crippen LogP) is 1.09.